The van der Waals surface area contributed by atoms with Gasteiger partial charge in [-0.3, -0.25) is 0 Å². The fourth-order valence-electron chi connectivity index (χ4n) is 1.92. The van der Waals surface area contributed by atoms with Crippen molar-refractivity contribution in [3.63, 3.8) is 0 Å². The van der Waals surface area contributed by atoms with Gasteiger partial charge in [0.2, 0.25) is 0 Å². The number of fused-ring (bicyclic) bond motifs is 1. The van der Waals surface area contributed by atoms with E-state index < -0.39 is 10.0 Å². The summed E-state index contributed by atoms with van der Waals surface area (Å²) in [7, 11) is -3.54. The average Bonchev–Trinajstić information content (AvgIpc) is 2.63. The Morgan fingerprint density at radius 1 is 0.944 bits per heavy atom. The standard InChI is InChI=1S/C13H8BrNO2S/c14-10-7-5-9(6-8-10)13-11-3-1-2-4-12(11)18(16,17)15-13/h1-8H. The molecule has 0 unspecified atom stereocenters. The molecule has 5 heteroatoms. The number of hydrogen-bond donors (Lipinski definition) is 0. The molecule has 0 atom stereocenters. The van der Waals surface area contributed by atoms with Gasteiger partial charge in [0.05, 0.1) is 10.6 Å². The summed E-state index contributed by atoms with van der Waals surface area (Å²) < 4.78 is 28.6. The topological polar surface area (TPSA) is 46.5 Å². The first-order valence-electron chi connectivity index (χ1n) is 5.28. The molecule has 3 rings (SSSR count). The van der Waals surface area contributed by atoms with Crippen molar-refractivity contribution < 1.29 is 8.42 Å². The molecule has 0 amide bonds. The molecule has 1 aliphatic heterocycles. The Balaban J connectivity index is 2.24. The van der Waals surface area contributed by atoms with Crippen molar-refractivity contribution in [3.05, 3.63) is 64.1 Å². The van der Waals surface area contributed by atoms with Crippen molar-refractivity contribution in [2.45, 2.75) is 4.90 Å². The van der Waals surface area contributed by atoms with Crippen molar-refractivity contribution in [3.8, 4) is 0 Å². The summed E-state index contributed by atoms with van der Waals surface area (Å²) in [5.74, 6) is 0. The van der Waals surface area contributed by atoms with E-state index >= 15 is 0 Å². The summed E-state index contributed by atoms with van der Waals surface area (Å²) in [6.45, 7) is 0. The minimum absolute atomic E-state index is 0.280. The number of nitrogens with zero attached hydrogens (tertiary/aromatic N) is 1. The predicted octanol–water partition coefficient (Wildman–Crippen LogP) is 2.99. The molecule has 0 spiro atoms. The van der Waals surface area contributed by atoms with Crippen LogP contribution in [0.1, 0.15) is 11.1 Å². The van der Waals surface area contributed by atoms with Gasteiger partial charge in [-0.15, -0.1) is 0 Å². The summed E-state index contributed by atoms with van der Waals surface area (Å²) in [6.07, 6.45) is 0. The molecule has 0 fully saturated rings. The third-order valence-corrected chi connectivity index (χ3v) is 4.61. The minimum atomic E-state index is -3.54. The Kier molecular flexibility index (Phi) is 2.60. The molecule has 3 nitrogen and oxygen atoms in total. The van der Waals surface area contributed by atoms with Gasteiger partial charge in [0, 0.05) is 15.6 Å². The van der Waals surface area contributed by atoms with Gasteiger partial charge in [0.25, 0.3) is 10.0 Å². The fraction of sp³-hybridized carbons (Fsp3) is 0. The highest BCUT2D eigenvalue weighted by molar-refractivity contribution is 9.10. The zero-order valence-corrected chi connectivity index (χ0v) is 11.6. The van der Waals surface area contributed by atoms with Crippen molar-refractivity contribution >= 4 is 31.7 Å². The number of hydrogen-bond acceptors (Lipinski definition) is 2. The maximum atomic E-state index is 11.9. The van der Waals surface area contributed by atoms with Gasteiger partial charge in [-0.2, -0.15) is 12.8 Å². The molecule has 90 valence electrons. The second-order valence-corrected chi connectivity index (χ2v) is 6.41. The zero-order valence-electron chi connectivity index (χ0n) is 9.17. The predicted molar refractivity (Wildman–Crippen MR) is 73.4 cm³/mol. The lowest BCUT2D eigenvalue weighted by Gasteiger charge is -2.01. The van der Waals surface area contributed by atoms with Crippen LogP contribution in [0, 0.1) is 0 Å². The molecule has 1 heterocycles. The lowest BCUT2D eigenvalue weighted by molar-refractivity contribution is 0.599. The highest BCUT2D eigenvalue weighted by Crippen LogP contribution is 2.29. The summed E-state index contributed by atoms with van der Waals surface area (Å²) in [5, 5.41) is 0. The molecule has 0 N–H and O–H groups in total. The smallest absolute Gasteiger partial charge is 0.199 e. The Morgan fingerprint density at radius 2 is 1.61 bits per heavy atom. The molecule has 2 aromatic rings. The van der Waals surface area contributed by atoms with Gasteiger partial charge in [-0.25, -0.2) is 0 Å². The second-order valence-electron chi connectivity index (χ2n) is 3.92. The van der Waals surface area contributed by atoms with Gasteiger partial charge < -0.3 is 0 Å². The fourth-order valence-corrected chi connectivity index (χ4v) is 3.42. The van der Waals surface area contributed by atoms with Crippen LogP contribution in [-0.4, -0.2) is 14.1 Å². The Labute approximate surface area is 113 Å². The monoisotopic (exact) mass is 321 g/mol. The quantitative estimate of drug-likeness (QED) is 0.810. The zero-order chi connectivity index (χ0) is 12.8. The van der Waals surface area contributed by atoms with Gasteiger partial charge >= 0.3 is 0 Å². The largest absolute Gasteiger partial charge is 0.283 e. The van der Waals surface area contributed by atoms with Crippen molar-refractivity contribution in [2.75, 3.05) is 0 Å². The van der Waals surface area contributed by atoms with E-state index in [1.54, 1.807) is 18.2 Å². The van der Waals surface area contributed by atoms with Crippen LogP contribution in [0.3, 0.4) is 0 Å². The maximum absolute atomic E-state index is 11.9. The molecule has 0 saturated heterocycles. The first kappa shape index (κ1) is 11.6. The molecule has 18 heavy (non-hydrogen) atoms. The van der Waals surface area contributed by atoms with E-state index in [2.05, 4.69) is 20.3 Å². The van der Waals surface area contributed by atoms with Gasteiger partial charge in [-0.05, 0) is 18.2 Å². The van der Waals surface area contributed by atoms with Gasteiger partial charge in [0.1, 0.15) is 0 Å². The lowest BCUT2D eigenvalue weighted by atomic mass is 10.0. The van der Waals surface area contributed by atoms with Crippen LogP contribution in [0.4, 0.5) is 0 Å². The number of sulfonamides is 1. The highest BCUT2D eigenvalue weighted by atomic mass is 79.9. The maximum Gasteiger partial charge on any atom is 0.283 e. The van der Waals surface area contributed by atoms with E-state index in [1.807, 2.05) is 30.3 Å². The van der Waals surface area contributed by atoms with Crippen LogP contribution in [-0.2, 0) is 10.0 Å². The van der Waals surface area contributed by atoms with Crippen molar-refractivity contribution in [1.82, 2.24) is 0 Å². The summed E-state index contributed by atoms with van der Waals surface area (Å²) >= 11 is 3.35. The van der Waals surface area contributed by atoms with E-state index in [4.69, 9.17) is 0 Å². The average molecular weight is 322 g/mol. The van der Waals surface area contributed by atoms with E-state index in [0.29, 0.717) is 11.3 Å². The van der Waals surface area contributed by atoms with E-state index in [9.17, 15) is 8.42 Å². The molecule has 2 aromatic carbocycles. The molecular weight excluding hydrogens is 314 g/mol. The first-order chi connectivity index (χ1) is 8.58. The number of benzene rings is 2. The van der Waals surface area contributed by atoms with Crippen LogP contribution >= 0.6 is 15.9 Å². The number of halogens is 1. The minimum Gasteiger partial charge on any atom is -0.199 e. The Hall–Kier alpha value is -1.46. The normalized spacial score (nSPS) is 16.2. The Bertz CT molecular complexity index is 749. The third kappa shape index (κ3) is 1.79. The highest BCUT2D eigenvalue weighted by Gasteiger charge is 2.28. The van der Waals surface area contributed by atoms with Gasteiger partial charge in [0.15, 0.2) is 0 Å². The Morgan fingerprint density at radius 3 is 2.33 bits per heavy atom. The number of rotatable bonds is 1. The molecule has 0 aromatic heterocycles. The van der Waals surface area contributed by atoms with Crippen molar-refractivity contribution in [1.29, 1.82) is 0 Å². The van der Waals surface area contributed by atoms with Crippen LogP contribution in [0.15, 0.2) is 62.3 Å². The SMILES string of the molecule is O=S1(=O)N=C(c2ccc(Br)cc2)c2ccccc21. The van der Waals surface area contributed by atoms with Crippen LogP contribution in [0.25, 0.3) is 0 Å². The lowest BCUT2D eigenvalue weighted by Crippen LogP contribution is -1.99. The molecule has 0 saturated carbocycles. The van der Waals surface area contributed by atoms with Crippen LogP contribution in [0.5, 0.6) is 0 Å². The summed E-state index contributed by atoms with van der Waals surface area (Å²) in [4.78, 5) is 0.280. The third-order valence-electron chi connectivity index (χ3n) is 2.75. The molecule has 0 aliphatic carbocycles. The van der Waals surface area contributed by atoms with E-state index in [-0.39, 0.29) is 4.90 Å². The van der Waals surface area contributed by atoms with Gasteiger partial charge in [-0.1, -0.05) is 46.3 Å². The molecule has 1 aliphatic rings. The molecular formula is C13H8BrNO2S. The molecule has 0 radical (unpaired) electrons. The van der Waals surface area contributed by atoms with E-state index in [1.165, 1.54) is 0 Å². The van der Waals surface area contributed by atoms with Crippen molar-refractivity contribution in [2.24, 2.45) is 4.40 Å². The summed E-state index contributed by atoms with van der Waals surface area (Å²) in [5.41, 5.74) is 1.98. The second kappa shape index (κ2) is 4.03. The molecule has 0 bridgehead atoms. The van der Waals surface area contributed by atoms with E-state index in [0.717, 1.165) is 10.0 Å². The van der Waals surface area contributed by atoms with Crippen LogP contribution < -0.4 is 0 Å². The first-order valence-corrected chi connectivity index (χ1v) is 7.51. The summed E-state index contributed by atoms with van der Waals surface area (Å²) in [6, 6.07) is 14.3. The van der Waals surface area contributed by atoms with Crippen LogP contribution in [0.2, 0.25) is 0 Å².